The number of thioether (sulfide) groups is 1. The topological polar surface area (TPSA) is 95.1 Å². The highest BCUT2D eigenvalue weighted by Crippen LogP contribution is 2.26. The van der Waals surface area contributed by atoms with E-state index in [0.717, 1.165) is 11.1 Å². The highest BCUT2D eigenvalue weighted by atomic mass is 32.2. The van der Waals surface area contributed by atoms with Crippen LogP contribution in [0.2, 0.25) is 0 Å². The number of hydrogen-bond donors (Lipinski definition) is 2. The van der Waals surface area contributed by atoms with Crippen LogP contribution in [0.1, 0.15) is 12.5 Å². The van der Waals surface area contributed by atoms with Crippen molar-refractivity contribution in [3.63, 3.8) is 0 Å². The van der Waals surface area contributed by atoms with Crippen molar-refractivity contribution in [3.8, 4) is 17.1 Å². The highest BCUT2D eigenvalue weighted by Gasteiger charge is 2.20. The third-order valence-corrected chi connectivity index (χ3v) is 5.02. The van der Waals surface area contributed by atoms with E-state index in [9.17, 15) is 4.79 Å². The molecule has 3 aromatic rings. The van der Waals surface area contributed by atoms with Gasteiger partial charge in [0.1, 0.15) is 5.75 Å². The van der Waals surface area contributed by atoms with Gasteiger partial charge in [0.15, 0.2) is 5.82 Å². The lowest BCUT2D eigenvalue weighted by molar-refractivity contribution is -0.115. The van der Waals surface area contributed by atoms with Crippen LogP contribution >= 0.6 is 11.8 Å². The zero-order valence-electron chi connectivity index (χ0n) is 15.3. The standard InChI is InChI=1S/C19H21N5O2S/c1-12-7-9-14(10-8-12)17-22-23-19(24(17)20)27-13(2)18(25)21-15-5-4-6-16(11-15)26-3/h4-11,13H,20H2,1-3H3,(H,21,25)/t13-/m1/s1. The number of nitrogens with one attached hydrogen (secondary N) is 1. The van der Waals surface area contributed by atoms with Crippen LogP contribution in [0.5, 0.6) is 5.75 Å². The third kappa shape index (κ3) is 4.40. The first-order valence-corrected chi connectivity index (χ1v) is 9.25. The molecule has 140 valence electrons. The molecule has 8 heteroatoms. The van der Waals surface area contributed by atoms with Crippen LogP contribution in [-0.2, 0) is 4.79 Å². The van der Waals surface area contributed by atoms with Crippen LogP contribution in [0, 0.1) is 6.92 Å². The molecule has 2 aromatic carbocycles. The van der Waals surface area contributed by atoms with Gasteiger partial charge >= 0.3 is 0 Å². The van der Waals surface area contributed by atoms with Crippen LogP contribution in [0.3, 0.4) is 0 Å². The fraction of sp³-hybridized carbons (Fsp3) is 0.211. The smallest absolute Gasteiger partial charge is 0.237 e. The van der Waals surface area contributed by atoms with Crippen molar-refractivity contribution >= 4 is 23.4 Å². The van der Waals surface area contributed by atoms with Gasteiger partial charge in [0.2, 0.25) is 11.1 Å². The predicted octanol–water partition coefficient (Wildman–Crippen LogP) is 3.10. The molecule has 0 aliphatic rings. The fourth-order valence-corrected chi connectivity index (χ4v) is 3.18. The molecule has 1 amide bonds. The summed E-state index contributed by atoms with van der Waals surface area (Å²) in [5, 5.41) is 11.2. The predicted molar refractivity (Wildman–Crippen MR) is 107 cm³/mol. The summed E-state index contributed by atoms with van der Waals surface area (Å²) >= 11 is 1.25. The zero-order valence-corrected chi connectivity index (χ0v) is 16.2. The Morgan fingerprint density at radius 2 is 1.96 bits per heavy atom. The average Bonchev–Trinajstić information content (AvgIpc) is 3.03. The van der Waals surface area contributed by atoms with Gasteiger partial charge < -0.3 is 15.9 Å². The lowest BCUT2D eigenvalue weighted by atomic mass is 10.1. The van der Waals surface area contributed by atoms with Crippen molar-refractivity contribution in [3.05, 3.63) is 54.1 Å². The summed E-state index contributed by atoms with van der Waals surface area (Å²) in [5.74, 6) is 7.21. The summed E-state index contributed by atoms with van der Waals surface area (Å²) in [6.45, 7) is 3.81. The summed E-state index contributed by atoms with van der Waals surface area (Å²) in [6.07, 6.45) is 0. The van der Waals surface area contributed by atoms with Crippen molar-refractivity contribution in [1.82, 2.24) is 14.9 Å². The Balaban J connectivity index is 1.69. The van der Waals surface area contributed by atoms with Gasteiger partial charge in [-0.15, -0.1) is 10.2 Å². The van der Waals surface area contributed by atoms with Gasteiger partial charge in [-0.2, -0.15) is 0 Å². The zero-order chi connectivity index (χ0) is 19.4. The van der Waals surface area contributed by atoms with Gasteiger partial charge in [0.05, 0.1) is 12.4 Å². The maximum atomic E-state index is 12.5. The van der Waals surface area contributed by atoms with E-state index in [-0.39, 0.29) is 5.91 Å². The van der Waals surface area contributed by atoms with Crippen molar-refractivity contribution in [2.24, 2.45) is 0 Å². The Labute approximate surface area is 161 Å². The maximum Gasteiger partial charge on any atom is 0.237 e. The number of aromatic nitrogens is 3. The maximum absolute atomic E-state index is 12.5. The molecule has 3 rings (SSSR count). The lowest BCUT2D eigenvalue weighted by Crippen LogP contribution is -2.23. The molecule has 0 fully saturated rings. The van der Waals surface area contributed by atoms with E-state index in [1.165, 1.54) is 16.4 Å². The molecular formula is C19H21N5O2S. The normalized spacial score (nSPS) is 11.8. The summed E-state index contributed by atoms with van der Waals surface area (Å²) in [5.41, 5.74) is 2.69. The molecule has 0 unspecified atom stereocenters. The van der Waals surface area contributed by atoms with Gasteiger partial charge in [0, 0.05) is 17.3 Å². The van der Waals surface area contributed by atoms with Crippen molar-refractivity contribution in [2.45, 2.75) is 24.3 Å². The van der Waals surface area contributed by atoms with E-state index >= 15 is 0 Å². The number of carbonyl (C=O) groups excluding carboxylic acids is 1. The van der Waals surface area contributed by atoms with Crippen LogP contribution < -0.4 is 15.9 Å². The number of nitrogens with zero attached hydrogens (tertiary/aromatic N) is 3. The number of methoxy groups -OCH3 is 1. The Morgan fingerprint density at radius 1 is 1.22 bits per heavy atom. The summed E-state index contributed by atoms with van der Waals surface area (Å²) < 4.78 is 6.57. The SMILES string of the molecule is COc1cccc(NC(=O)[C@@H](C)Sc2nnc(-c3ccc(C)cc3)n2N)c1. The second-order valence-corrected chi connectivity index (χ2v) is 7.33. The minimum atomic E-state index is -0.409. The minimum absolute atomic E-state index is 0.159. The van der Waals surface area contributed by atoms with Crippen molar-refractivity contribution in [1.29, 1.82) is 0 Å². The van der Waals surface area contributed by atoms with E-state index in [0.29, 0.717) is 22.4 Å². The quantitative estimate of drug-likeness (QED) is 0.502. The first-order chi connectivity index (χ1) is 13.0. The Morgan fingerprint density at radius 3 is 2.67 bits per heavy atom. The number of benzene rings is 2. The van der Waals surface area contributed by atoms with Gasteiger partial charge in [0.25, 0.3) is 0 Å². The van der Waals surface area contributed by atoms with E-state index in [4.69, 9.17) is 10.6 Å². The van der Waals surface area contributed by atoms with E-state index in [2.05, 4.69) is 15.5 Å². The Bertz CT molecular complexity index is 940. The fourth-order valence-electron chi connectivity index (χ4n) is 2.41. The molecule has 0 bridgehead atoms. The first kappa shape index (κ1) is 18.8. The van der Waals surface area contributed by atoms with Crippen molar-refractivity contribution < 1.29 is 9.53 Å². The highest BCUT2D eigenvalue weighted by molar-refractivity contribution is 8.00. The number of nitrogens with two attached hydrogens (primary N) is 1. The van der Waals surface area contributed by atoms with E-state index in [1.54, 1.807) is 26.2 Å². The molecule has 7 nitrogen and oxygen atoms in total. The average molecular weight is 383 g/mol. The minimum Gasteiger partial charge on any atom is -0.497 e. The second kappa shape index (κ2) is 8.13. The number of rotatable bonds is 6. The number of hydrogen-bond acceptors (Lipinski definition) is 6. The number of carbonyl (C=O) groups is 1. The Kier molecular flexibility index (Phi) is 5.66. The number of anilines is 1. The van der Waals surface area contributed by atoms with Gasteiger partial charge in [-0.3, -0.25) is 4.79 Å². The number of aryl methyl sites for hydroxylation is 1. The van der Waals surface area contributed by atoms with Crippen LogP contribution in [0.25, 0.3) is 11.4 Å². The molecule has 0 saturated heterocycles. The molecule has 0 aliphatic heterocycles. The van der Waals surface area contributed by atoms with E-state index in [1.807, 2.05) is 43.3 Å². The monoisotopic (exact) mass is 383 g/mol. The van der Waals surface area contributed by atoms with E-state index < -0.39 is 5.25 Å². The lowest BCUT2D eigenvalue weighted by Gasteiger charge is -2.12. The first-order valence-electron chi connectivity index (χ1n) is 8.37. The van der Waals surface area contributed by atoms with Crippen LogP contribution in [0.15, 0.2) is 53.7 Å². The molecule has 0 saturated carbocycles. The van der Waals surface area contributed by atoms with Crippen molar-refractivity contribution in [2.75, 3.05) is 18.3 Å². The number of nitrogen functional groups attached to an aromatic ring is 1. The molecule has 0 aliphatic carbocycles. The molecule has 1 atom stereocenters. The summed E-state index contributed by atoms with van der Waals surface area (Å²) in [6, 6.07) is 15.1. The molecular weight excluding hydrogens is 362 g/mol. The number of ether oxygens (including phenoxy) is 1. The largest absolute Gasteiger partial charge is 0.497 e. The molecule has 3 N–H and O–H groups in total. The van der Waals surface area contributed by atoms with Crippen LogP contribution in [-0.4, -0.2) is 33.1 Å². The van der Waals surface area contributed by atoms with Crippen LogP contribution in [0.4, 0.5) is 5.69 Å². The molecule has 0 radical (unpaired) electrons. The molecule has 27 heavy (non-hydrogen) atoms. The number of amides is 1. The molecule has 0 spiro atoms. The van der Waals surface area contributed by atoms with Gasteiger partial charge in [-0.25, -0.2) is 4.68 Å². The molecule has 1 aromatic heterocycles. The second-order valence-electron chi connectivity index (χ2n) is 6.02. The third-order valence-electron chi connectivity index (χ3n) is 3.96. The summed E-state index contributed by atoms with van der Waals surface area (Å²) in [4.78, 5) is 12.5. The summed E-state index contributed by atoms with van der Waals surface area (Å²) in [7, 11) is 1.58. The molecule has 1 heterocycles. The van der Waals surface area contributed by atoms with Gasteiger partial charge in [-0.05, 0) is 26.0 Å². The van der Waals surface area contributed by atoms with Gasteiger partial charge in [-0.1, -0.05) is 47.7 Å². The Hall–Kier alpha value is -3.00.